The zero-order chi connectivity index (χ0) is 9.15. The summed E-state index contributed by atoms with van der Waals surface area (Å²) in [6, 6.07) is 2.55. The van der Waals surface area contributed by atoms with E-state index in [9.17, 15) is 5.26 Å². The summed E-state index contributed by atoms with van der Waals surface area (Å²) in [7, 11) is 0. The lowest BCUT2D eigenvalue weighted by atomic mass is 9.78. The minimum Gasteiger partial charge on any atom is -0.381 e. The second kappa shape index (κ2) is 3.67. The molecule has 2 fully saturated rings. The largest absolute Gasteiger partial charge is 0.381 e. The molecule has 72 valence electrons. The smallest absolute Gasteiger partial charge is 0.0690 e. The van der Waals surface area contributed by atoms with Gasteiger partial charge in [-0.15, -0.1) is 0 Å². The molecule has 2 nitrogen and oxygen atoms in total. The molecule has 2 rings (SSSR count). The van der Waals surface area contributed by atoms with E-state index >= 15 is 0 Å². The van der Waals surface area contributed by atoms with Gasteiger partial charge in [-0.2, -0.15) is 5.26 Å². The summed E-state index contributed by atoms with van der Waals surface area (Å²) < 4.78 is 5.40. The monoisotopic (exact) mass is 179 g/mol. The van der Waals surface area contributed by atoms with Gasteiger partial charge in [0.15, 0.2) is 0 Å². The van der Waals surface area contributed by atoms with Crippen LogP contribution in [0.2, 0.25) is 0 Å². The van der Waals surface area contributed by atoms with E-state index in [0.717, 1.165) is 44.8 Å². The number of nitriles is 1. The lowest BCUT2D eigenvalue weighted by Gasteiger charge is -2.23. The van der Waals surface area contributed by atoms with Crippen molar-refractivity contribution in [3.63, 3.8) is 0 Å². The summed E-state index contributed by atoms with van der Waals surface area (Å²) >= 11 is 0. The highest BCUT2D eigenvalue weighted by molar-refractivity contribution is 5.02. The highest BCUT2D eigenvalue weighted by Gasteiger charge is 2.37. The molecular formula is C11H17NO. The Labute approximate surface area is 79.9 Å². The Kier molecular flexibility index (Phi) is 2.55. The summed E-state index contributed by atoms with van der Waals surface area (Å²) in [5, 5.41) is 9.24. The lowest BCUT2D eigenvalue weighted by Crippen LogP contribution is -2.19. The predicted molar refractivity (Wildman–Crippen MR) is 50.1 cm³/mol. The maximum Gasteiger partial charge on any atom is 0.0690 e. The second-order valence-electron chi connectivity index (χ2n) is 4.51. The standard InChI is InChI=1S/C11H17NO/c12-9-11(8-10-2-3-10)4-1-6-13-7-5-11/h10H,1-8H2. The molecule has 1 unspecified atom stereocenters. The Morgan fingerprint density at radius 1 is 1.31 bits per heavy atom. The maximum absolute atomic E-state index is 9.24. The molecular weight excluding hydrogens is 162 g/mol. The van der Waals surface area contributed by atoms with E-state index in [0.29, 0.717) is 0 Å². The molecule has 0 radical (unpaired) electrons. The third kappa shape index (κ3) is 2.22. The zero-order valence-corrected chi connectivity index (χ0v) is 8.09. The van der Waals surface area contributed by atoms with Gasteiger partial charge in [-0.1, -0.05) is 12.8 Å². The number of nitrogens with zero attached hydrogens (tertiary/aromatic N) is 1. The van der Waals surface area contributed by atoms with Crippen LogP contribution in [0.5, 0.6) is 0 Å². The molecule has 0 N–H and O–H groups in total. The molecule has 2 aliphatic rings. The topological polar surface area (TPSA) is 33.0 Å². The van der Waals surface area contributed by atoms with Gasteiger partial charge in [-0.05, 0) is 31.6 Å². The third-order valence-corrected chi connectivity index (χ3v) is 3.28. The fourth-order valence-electron chi connectivity index (χ4n) is 2.24. The maximum atomic E-state index is 9.24. The molecule has 0 amide bonds. The van der Waals surface area contributed by atoms with Gasteiger partial charge in [-0.3, -0.25) is 0 Å². The van der Waals surface area contributed by atoms with E-state index in [1.54, 1.807) is 0 Å². The van der Waals surface area contributed by atoms with Crippen molar-refractivity contribution in [3.8, 4) is 6.07 Å². The first-order valence-electron chi connectivity index (χ1n) is 5.34. The molecule has 1 aliphatic carbocycles. The summed E-state index contributed by atoms with van der Waals surface area (Å²) in [6.45, 7) is 1.65. The van der Waals surface area contributed by atoms with Crippen molar-refractivity contribution >= 4 is 0 Å². The van der Waals surface area contributed by atoms with Crippen LogP contribution in [0.15, 0.2) is 0 Å². The van der Waals surface area contributed by atoms with E-state index in [1.807, 2.05) is 0 Å². The van der Waals surface area contributed by atoms with E-state index in [2.05, 4.69) is 6.07 Å². The van der Waals surface area contributed by atoms with Crippen LogP contribution in [-0.2, 0) is 4.74 Å². The predicted octanol–water partition coefficient (Wildman–Crippen LogP) is 2.50. The normalized spacial score (nSPS) is 35.0. The van der Waals surface area contributed by atoms with Crippen molar-refractivity contribution in [2.24, 2.45) is 11.3 Å². The minimum atomic E-state index is -0.0301. The minimum absolute atomic E-state index is 0.0301. The molecule has 1 aliphatic heterocycles. The van der Waals surface area contributed by atoms with Crippen LogP contribution in [0, 0.1) is 22.7 Å². The second-order valence-corrected chi connectivity index (χ2v) is 4.51. The Hall–Kier alpha value is -0.550. The Bertz CT molecular complexity index is 207. The van der Waals surface area contributed by atoms with Gasteiger partial charge < -0.3 is 4.74 Å². The number of rotatable bonds is 2. The van der Waals surface area contributed by atoms with Crippen molar-refractivity contribution in [2.45, 2.75) is 38.5 Å². The Balaban J connectivity index is 1.98. The third-order valence-electron chi connectivity index (χ3n) is 3.28. The molecule has 13 heavy (non-hydrogen) atoms. The van der Waals surface area contributed by atoms with Crippen molar-refractivity contribution < 1.29 is 4.74 Å². The van der Waals surface area contributed by atoms with Gasteiger partial charge in [0.1, 0.15) is 0 Å². The van der Waals surface area contributed by atoms with E-state index < -0.39 is 0 Å². The van der Waals surface area contributed by atoms with E-state index in [-0.39, 0.29) is 5.41 Å². The highest BCUT2D eigenvalue weighted by Crippen LogP contribution is 2.44. The summed E-state index contributed by atoms with van der Waals surface area (Å²) in [4.78, 5) is 0. The van der Waals surface area contributed by atoms with Crippen LogP contribution in [-0.4, -0.2) is 13.2 Å². The van der Waals surface area contributed by atoms with Crippen molar-refractivity contribution in [1.82, 2.24) is 0 Å². The van der Waals surface area contributed by atoms with E-state index in [4.69, 9.17) is 4.74 Å². The molecule has 0 bridgehead atoms. The van der Waals surface area contributed by atoms with Gasteiger partial charge in [0.25, 0.3) is 0 Å². The van der Waals surface area contributed by atoms with Crippen molar-refractivity contribution in [2.75, 3.05) is 13.2 Å². The molecule has 0 aromatic carbocycles. The number of ether oxygens (including phenoxy) is 1. The lowest BCUT2D eigenvalue weighted by molar-refractivity contribution is 0.136. The van der Waals surface area contributed by atoms with Gasteiger partial charge in [-0.25, -0.2) is 0 Å². The zero-order valence-electron chi connectivity index (χ0n) is 8.09. The first kappa shape index (κ1) is 9.02. The average molecular weight is 179 g/mol. The molecule has 0 aromatic rings. The van der Waals surface area contributed by atoms with Crippen LogP contribution >= 0.6 is 0 Å². The molecule has 1 saturated carbocycles. The van der Waals surface area contributed by atoms with Crippen LogP contribution in [0.1, 0.15) is 38.5 Å². The number of hydrogen-bond acceptors (Lipinski definition) is 2. The highest BCUT2D eigenvalue weighted by atomic mass is 16.5. The number of hydrogen-bond donors (Lipinski definition) is 0. The van der Waals surface area contributed by atoms with Crippen LogP contribution in [0.3, 0.4) is 0 Å². The first-order chi connectivity index (χ1) is 6.35. The van der Waals surface area contributed by atoms with Crippen molar-refractivity contribution in [3.05, 3.63) is 0 Å². The SMILES string of the molecule is N#CC1(CC2CC2)CCCOCC1. The molecule has 0 aromatic heterocycles. The summed E-state index contributed by atoms with van der Waals surface area (Å²) in [6.07, 6.45) is 6.92. The van der Waals surface area contributed by atoms with Crippen LogP contribution < -0.4 is 0 Å². The molecule has 2 heteroatoms. The average Bonchev–Trinajstić information content (AvgIpc) is 2.94. The van der Waals surface area contributed by atoms with Gasteiger partial charge in [0.05, 0.1) is 11.5 Å². The molecule has 1 atom stereocenters. The quantitative estimate of drug-likeness (QED) is 0.652. The van der Waals surface area contributed by atoms with Gasteiger partial charge in [0, 0.05) is 13.2 Å². The van der Waals surface area contributed by atoms with Crippen LogP contribution in [0.25, 0.3) is 0 Å². The summed E-state index contributed by atoms with van der Waals surface area (Å²) in [5.74, 6) is 0.859. The van der Waals surface area contributed by atoms with Gasteiger partial charge >= 0.3 is 0 Å². The molecule has 1 saturated heterocycles. The van der Waals surface area contributed by atoms with Crippen LogP contribution in [0.4, 0.5) is 0 Å². The fourth-order valence-corrected chi connectivity index (χ4v) is 2.24. The molecule has 1 heterocycles. The summed E-state index contributed by atoms with van der Waals surface area (Å²) in [5.41, 5.74) is -0.0301. The van der Waals surface area contributed by atoms with E-state index in [1.165, 1.54) is 12.8 Å². The van der Waals surface area contributed by atoms with Crippen molar-refractivity contribution in [1.29, 1.82) is 5.26 Å². The Morgan fingerprint density at radius 3 is 2.85 bits per heavy atom. The fraction of sp³-hybridized carbons (Fsp3) is 0.909. The first-order valence-corrected chi connectivity index (χ1v) is 5.34. The Morgan fingerprint density at radius 2 is 2.15 bits per heavy atom. The van der Waals surface area contributed by atoms with Gasteiger partial charge in [0.2, 0.25) is 0 Å². The molecule has 0 spiro atoms.